The van der Waals surface area contributed by atoms with Crippen molar-refractivity contribution in [2.24, 2.45) is 16.8 Å². The number of benzene rings is 1. The van der Waals surface area contributed by atoms with Crippen molar-refractivity contribution in [1.82, 2.24) is 0 Å². The zero-order chi connectivity index (χ0) is 15.9. The van der Waals surface area contributed by atoms with E-state index in [1.807, 2.05) is 0 Å². The van der Waals surface area contributed by atoms with Gasteiger partial charge >= 0.3 is 5.97 Å². The van der Waals surface area contributed by atoms with Gasteiger partial charge in [0.2, 0.25) is 0 Å². The zero-order valence-electron chi connectivity index (χ0n) is 11.4. The van der Waals surface area contributed by atoms with E-state index in [2.05, 4.69) is 14.8 Å². The highest BCUT2D eigenvalue weighted by Gasteiger charge is 2.39. The smallest absolute Gasteiger partial charge is 0.316 e. The minimum atomic E-state index is -3.18. The molecule has 0 bridgehead atoms. The first-order valence-corrected chi connectivity index (χ1v) is 6.09. The van der Waals surface area contributed by atoms with Crippen molar-refractivity contribution in [2.45, 2.75) is 18.8 Å². The lowest BCUT2D eigenvalue weighted by Gasteiger charge is -2.20. The Balaban J connectivity index is 2.89. The molecule has 1 rings (SSSR count). The van der Waals surface area contributed by atoms with Gasteiger partial charge in [-0.25, -0.2) is 8.78 Å². The number of hydrogen-bond donors (Lipinski definition) is 1. The molecule has 0 unspecified atom stereocenters. The van der Waals surface area contributed by atoms with Crippen LogP contribution in [0.1, 0.15) is 12.0 Å². The topological polar surface area (TPSA) is 69.0 Å². The van der Waals surface area contributed by atoms with Gasteiger partial charge < -0.3 is 10.5 Å². The number of ether oxygens (including phenoxy) is 1. The van der Waals surface area contributed by atoms with Crippen LogP contribution < -0.4 is 5.73 Å². The van der Waals surface area contributed by atoms with Crippen molar-refractivity contribution in [3.8, 4) is 0 Å². The van der Waals surface area contributed by atoms with E-state index in [-0.39, 0.29) is 0 Å². The molecule has 1 atom stereocenters. The number of rotatable bonds is 6. The molecule has 0 saturated heterocycles. The molecule has 21 heavy (non-hydrogen) atoms. The maximum absolute atomic E-state index is 14.1. The van der Waals surface area contributed by atoms with Crippen LogP contribution in [-0.4, -0.2) is 24.8 Å². The third kappa shape index (κ3) is 5.18. The third-order valence-corrected chi connectivity index (χ3v) is 2.82. The molecule has 112 valence electrons. The molecule has 0 aliphatic heterocycles. The van der Waals surface area contributed by atoms with E-state index in [0.29, 0.717) is 5.56 Å². The van der Waals surface area contributed by atoms with Crippen LogP contribution in [-0.2, 0) is 16.0 Å². The number of alkyl halides is 2. The monoisotopic (exact) mass is 295 g/mol. The van der Waals surface area contributed by atoms with Crippen LogP contribution in [0.25, 0.3) is 4.95 Å². The molecule has 5 nitrogen and oxygen atoms in total. The van der Waals surface area contributed by atoms with Crippen molar-refractivity contribution in [3.05, 3.63) is 47.4 Å². The van der Waals surface area contributed by atoms with Gasteiger partial charge in [0.15, 0.2) is 5.84 Å². The molecule has 0 aromatic heterocycles. The van der Waals surface area contributed by atoms with E-state index in [1.54, 1.807) is 30.3 Å². The zero-order valence-corrected chi connectivity index (χ0v) is 11.4. The highest BCUT2D eigenvalue weighted by molar-refractivity contribution is 6.00. The summed E-state index contributed by atoms with van der Waals surface area (Å²) in [4.78, 5) is 14.2. The predicted molar refractivity (Wildman–Crippen MR) is 73.4 cm³/mol. The summed E-state index contributed by atoms with van der Waals surface area (Å²) in [6.07, 6.45) is -1.40. The SMILES string of the molecule is [C-]#[N+]N=C(N)[C@H](CC(F)(F)Cc1ccccc1)C(=O)OC. The molecule has 1 aromatic rings. The van der Waals surface area contributed by atoms with Gasteiger partial charge in [0.1, 0.15) is 11.0 Å². The Kier molecular flexibility index (Phi) is 5.79. The fraction of sp³-hybridized carbons (Fsp3) is 0.357. The molecule has 0 amide bonds. The first kappa shape index (κ1) is 16.6. The maximum Gasteiger partial charge on any atom is 0.316 e. The van der Waals surface area contributed by atoms with Gasteiger partial charge in [-0.15, -0.1) is 4.95 Å². The number of methoxy groups -OCH3 is 1. The van der Waals surface area contributed by atoms with Crippen LogP contribution in [0.2, 0.25) is 0 Å². The Hall–Kier alpha value is -2.49. The van der Waals surface area contributed by atoms with Gasteiger partial charge in [-0.05, 0) is 5.56 Å². The van der Waals surface area contributed by atoms with E-state index in [9.17, 15) is 13.6 Å². The molecule has 0 radical (unpaired) electrons. The lowest BCUT2D eigenvalue weighted by Crippen LogP contribution is -2.37. The fourth-order valence-electron chi connectivity index (χ4n) is 1.84. The summed E-state index contributed by atoms with van der Waals surface area (Å²) < 4.78 is 32.6. The first-order chi connectivity index (χ1) is 9.89. The molecule has 0 heterocycles. The maximum atomic E-state index is 14.1. The van der Waals surface area contributed by atoms with Gasteiger partial charge in [-0.3, -0.25) is 4.79 Å². The lowest BCUT2D eigenvalue weighted by atomic mass is 9.95. The van der Waals surface area contributed by atoms with E-state index >= 15 is 0 Å². The quantitative estimate of drug-likeness (QED) is 0.288. The molecule has 0 fully saturated rings. The number of carbonyl (C=O) groups excluding carboxylic acids is 1. The number of halogens is 2. The molecule has 2 N–H and O–H groups in total. The van der Waals surface area contributed by atoms with Crippen LogP contribution in [0.5, 0.6) is 0 Å². The second kappa shape index (κ2) is 7.33. The standard InChI is InChI=1S/C14H15F2N3O2/c1-18-19-12(17)11(13(20)21-2)9-14(15,16)8-10-6-4-3-5-7-10/h3-7,11H,8-9H2,2H3,(H2,17,19)/t11-/m0/s1. The summed E-state index contributed by atoms with van der Waals surface area (Å²) in [5.74, 6) is -6.03. The Bertz CT molecular complexity index is 553. The molecule has 7 heteroatoms. The highest BCUT2D eigenvalue weighted by Crippen LogP contribution is 2.28. The summed E-state index contributed by atoms with van der Waals surface area (Å²) in [5, 5.41) is 3.14. The van der Waals surface area contributed by atoms with Crippen LogP contribution in [0.15, 0.2) is 35.4 Å². The molecule has 0 saturated carbocycles. The minimum absolute atomic E-state index is 0.437. The molecular weight excluding hydrogens is 280 g/mol. The number of hydrogen-bond acceptors (Lipinski definition) is 3. The third-order valence-electron chi connectivity index (χ3n) is 2.82. The van der Waals surface area contributed by atoms with E-state index in [1.165, 1.54) is 0 Å². The van der Waals surface area contributed by atoms with Crippen LogP contribution in [0.3, 0.4) is 0 Å². The van der Waals surface area contributed by atoms with E-state index < -0.39 is 36.5 Å². The minimum Gasteiger partial charge on any atom is -0.468 e. The van der Waals surface area contributed by atoms with Gasteiger partial charge in [-0.1, -0.05) is 30.3 Å². The normalized spacial score (nSPS) is 13.3. The number of nitrogens with zero attached hydrogens (tertiary/aromatic N) is 2. The van der Waals surface area contributed by atoms with Crippen molar-refractivity contribution in [1.29, 1.82) is 0 Å². The number of nitrogens with two attached hydrogens (primary N) is 1. The average molecular weight is 295 g/mol. The van der Waals surface area contributed by atoms with Crippen LogP contribution in [0, 0.1) is 12.5 Å². The van der Waals surface area contributed by atoms with E-state index in [4.69, 9.17) is 12.3 Å². The van der Waals surface area contributed by atoms with Crippen LogP contribution >= 0.6 is 0 Å². The Morgan fingerprint density at radius 2 is 2.10 bits per heavy atom. The highest BCUT2D eigenvalue weighted by atomic mass is 19.3. The second-order valence-electron chi connectivity index (χ2n) is 4.42. The molecular formula is C14H15F2N3O2. The second-order valence-corrected chi connectivity index (χ2v) is 4.42. The lowest BCUT2D eigenvalue weighted by molar-refractivity contribution is -0.146. The Morgan fingerprint density at radius 3 is 2.62 bits per heavy atom. The Labute approximate surface area is 121 Å². The molecule has 0 spiro atoms. The summed E-state index contributed by atoms with van der Waals surface area (Å²) in [5.41, 5.74) is 5.84. The van der Waals surface area contributed by atoms with Gasteiger partial charge in [0, 0.05) is 12.8 Å². The number of carbonyl (C=O) groups is 1. The first-order valence-electron chi connectivity index (χ1n) is 6.09. The summed E-state index contributed by atoms with van der Waals surface area (Å²) in [6.45, 7) is 6.55. The molecule has 0 aliphatic rings. The van der Waals surface area contributed by atoms with Gasteiger partial charge in [-0.2, -0.15) is 6.57 Å². The van der Waals surface area contributed by atoms with Gasteiger partial charge in [0.05, 0.1) is 7.11 Å². The summed E-state index contributed by atoms with van der Waals surface area (Å²) in [6, 6.07) is 8.16. The van der Waals surface area contributed by atoms with Crippen molar-refractivity contribution < 1.29 is 18.3 Å². The van der Waals surface area contributed by atoms with E-state index in [0.717, 1.165) is 7.11 Å². The van der Waals surface area contributed by atoms with Crippen molar-refractivity contribution in [3.63, 3.8) is 0 Å². The van der Waals surface area contributed by atoms with Gasteiger partial charge in [0.25, 0.3) is 5.92 Å². The van der Waals surface area contributed by atoms with Crippen molar-refractivity contribution >= 4 is 11.8 Å². The fourth-order valence-corrected chi connectivity index (χ4v) is 1.84. The number of esters is 1. The average Bonchev–Trinajstić information content (AvgIpc) is 2.45. The van der Waals surface area contributed by atoms with Crippen LogP contribution in [0.4, 0.5) is 8.78 Å². The number of amidine groups is 1. The largest absolute Gasteiger partial charge is 0.468 e. The molecule has 0 aliphatic carbocycles. The van der Waals surface area contributed by atoms with Crippen molar-refractivity contribution in [2.75, 3.05) is 7.11 Å². The Morgan fingerprint density at radius 1 is 1.48 bits per heavy atom. The predicted octanol–water partition coefficient (Wildman–Crippen LogP) is 2.24. The molecule has 1 aromatic carbocycles. The summed E-state index contributed by atoms with van der Waals surface area (Å²) in [7, 11) is 1.07. The summed E-state index contributed by atoms with van der Waals surface area (Å²) >= 11 is 0.